The van der Waals surface area contributed by atoms with Crippen LogP contribution in [0.3, 0.4) is 0 Å². The van der Waals surface area contributed by atoms with Crippen LogP contribution >= 0.6 is 0 Å². The molecule has 2 aromatic rings. The van der Waals surface area contributed by atoms with Crippen molar-refractivity contribution in [2.45, 2.75) is 44.6 Å². The average molecular weight is 356 g/mol. The number of ether oxygens (including phenoxy) is 1. The molecule has 1 aliphatic heterocycles. The topological polar surface area (TPSA) is 58.7 Å². The molecule has 140 valence electrons. The van der Waals surface area contributed by atoms with Crippen LogP contribution in [0, 0.1) is 5.92 Å². The lowest BCUT2D eigenvalue weighted by atomic mass is 9.85. The van der Waals surface area contributed by atoms with Gasteiger partial charge in [0.2, 0.25) is 11.8 Å². The van der Waals surface area contributed by atoms with Crippen LogP contribution in [0.4, 0.5) is 5.88 Å². The van der Waals surface area contributed by atoms with Gasteiger partial charge in [-0.1, -0.05) is 49.6 Å². The molecule has 1 atom stereocenters. The lowest BCUT2D eigenvalue weighted by Crippen LogP contribution is -2.36. The lowest BCUT2D eigenvalue weighted by molar-refractivity contribution is 0.0605. The molecule has 1 N–H and O–H groups in total. The average Bonchev–Trinajstić information content (AvgIpc) is 3.13. The number of aliphatic hydroxyl groups is 1. The maximum Gasteiger partial charge on any atom is 0.226 e. The minimum atomic E-state index is -0.598. The van der Waals surface area contributed by atoms with Gasteiger partial charge in [-0.3, -0.25) is 0 Å². The number of aromatic nitrogens is 1. The zero-order valence-corrected chi connectivity index (χ0v) is 15.3. The maximum atomic E-state index is 10.8. The lowest BCUT2D eigenvalue weighted by Gasteiger charge is -2.27. The first-order chi connectivity index (χ1) is 12.8. The second-order valence-corrected chi connectivity index (χ2v) is 7.41. The molecule has 1 aromatic carbocycles. The van der Waals surface area contributed by atoms with Crippen molar-refractivity contribution in [1.29, 1.82) is 0 Å². The zero-order valence-electron chi connectivity index (χ0n) is 15.3. The number of rotatable bonds is 5. The molecule has 1 saturated carbocycles. The standard InChI is InChI=1S/C21H28N2O3/c24-19(17-9-5-2-6-10-17)20-22-18(15-16-7-3-1-4-8-16)21(26-20)23-11-13-25-14-12-23/h1,3-4,7-8,17,19,24H,2,5-6,9-15H2. The number of nitrogens with zero attached hydrogens (tertiary/aromatic N) is 2. The van der Waals surface area contributed by atoms with E-state index in [0.29, 0.717) is 25.5 Å². The Kier molecular flexibility index (Phi) is 5.56. The van der Waals surface area contributed by atoms with Crippen molar-refractivity contribution >= 4 is 5.88 Å². The van der Waals surface area contributed by atoms with Crippen molar-refractivity contribution in [2.75, 3.05) is 31.2 Å². The molecule has 26 heavy (non-hydrogen) atoms. The largest absolute Gasteiger partial charge is 0.422 e. The molecule has 1 unspecified atom stereocenters. The van der Waals surface area contributed by atoms with Crippen LogP contribution in [0.2, 0.25) is 0 Å². The Bertz CT molecular complexity index is 689. The third-order valence-electron chi connectivity index (χ3n) is 5.56. The van der Waals surface area contributed by atoms with Crippen molar-refractivity contribution in [3.8, 4) is 0 Å². The predicted octanol–water partition coefficient (Wildman–Crippen LogP) is 3.72. The summed E-state index contributed by atoms with van der Waals surface area (Å²) in [5, 5.41) is 10.8. The molecule has 2 heterocycles. The fourth-order valence-electron chi connectivity index (χ4n) is 4.06. The highest BCUT2D eigenvalue weighted by Gasteiger charge is 2.30. The summed E-state index contributed by atoms with van der Waals surface area (Å²) in [6.07, 6.45) is 5.89. The molecule has 1 aromatic heterocycles. The highest BCUT2D eigenvalue weighted by Crippen LogP contribution is 2.36. The minimum Gasteiger partial charge on any atom is -0.422 e. The summed E-state index contributed by atoms with van der Waals surface area (Å²) in [7, 11) is 0. The van der Waals surface area contributed by atoms with E-state index in [4.69, 9.17) is 14.1 Å². The second-order valence-electron chi connectivity index (χ2n) is 7.41. The van der Waals surface area contributed by atoms with Gasteiger partial charge in [0.05, 0.1) is 13.2 Å². The molecule has 1 aliphatic carbocycles. The van der Waals surface area contributed by atoms with Gasteiger partial charge in [0, 0.05) is 19.5 Å². The van der Waals surface area contributed by atoms with E-state index in [1.165, 1.54) is 24.8 Å². The minimum absolute atomic E-state index is 0.268. The molecule has 0 bridgehead atoms. The summed E-state index contributed by atoms with van der Waals surface area (Å²) in [4.78, 5) is 6.96. The van der Waals surface area contributed by atoms with Gasteiger partial charge >= 0.3 is 0 Å². The monoisotopic (exact) mass is 356 g/mol. The fourth-order valence-corrected chi connectivity index (χ4v) is 4.06. The third-order valence-corrected chi connectivity index (χ3v) is 5.56. The van der Waals surface area contributed by atoms with Crippen molar-refractivity contribution in [2.24, 2.45) is 5.92 Å². The fraction of sp³-hybridized carbons (Fsp3) is 0.571. The normalized spacial score (nSPS) is 20.3. The van der Waals surface area contributed by atoms with Crippen LogP contribution in [-0.2, 0) is 11.2 Å². The first-order valence-corrected chi connectivity index (χ1v) is 9.85. The first-order valence-electron chi connectivity index (χ1n) is 9.85. The van der Waals surface area contributed by atoms with E-state index in [2.05, 4.69) is 17.0 Å². The molecular weight excluding hydrogens is 328 g/mol. The number of hydrogen-bond donors (Lipinski definition) is 1. The molecular formula is C21H28N2O3. The number of aliphatic hydroxyl groups excluding tert-OH is 1. The Morgan fingerprint density at radius 2 is 1.81 bits per heavy atom. The van der Waals surface area contributed by atoms with Gasteiger partial charge < -0.3 is 19.2 Å². The Labute approximate surface area is 155 Å². The summed E-state index contributed by atoms with van der Waals surface area (Å²) in [6.45, 7) is 3.00. The molecule has 0 amide bonds. The van der Waals surface area contributed by atoms with Gasteiger partial charge in [0.25, 0.3) is 0 Å². The Morgan fingerprint density at radius 1 is 1.08 bits per heavy atom. The molecule has 5 nitrogen and oxygen atoms in total. The molecule has 1 saturated heterocycles. The van der Waals surface area contributed by atoms with Crippen molar-refractivity contribution in [3.63, 3.8) is 0 Å². The van der Waals surface area contributed by atoms with E-state index in [0.717, 1.165) is 37.5 Å². The van der Waals surface area contributed by atoms with Gasteiger partial charge in [-0.2, -0.15) is 0 Å². The predicted molar refractivity (Wildman–Crippen MR) is 100 cm³/mol. The second kappa shape index (κ2) is 8.23. The Balaban J connectivity index is 1.60. The van der Waals surface area contributed by atoms with Gasteiger partial charge in [-0.25, -0.2) is 4.98 Å². The van der Waals surface area contributed by atoms with Crippen LogP contribution in [0.25, 0.3) is 0 Å². The number of benzene rings is 1. The van der Waals surface area contributed by atoms with Crippen LogP contribution in [0.15, 0.2) is 34.7 Å². The van der Waals surface area contributed by atoms with Crippen molar-refractivity contribution in [3.05, 3.63) is 47.5 Å². The zero-order chi connectivity index (χ0) is 17.8. The van der Waals surface area contributed by atoms with E-state index in [1.54, 1.807) is 0 Å². The van der Waals surface area contributed by atoms with E-state index >= 15 is 0 Å². The van der Waals surface area contributed by atoms with Gasteiger partial charge in [-0.15, -0.1) is 0 Å². The van der Waals surface area contributed by atoms with E-state index in [1.807, 2.05) is 18.2 Å². The van der Waals surface area contributed by atoms with Crippen molar-refractivity contribution in [1.82, 2.24) is 4.98 Å². The van der Waals surface area contributed by atoms with E-state index < -0.39 is 6.10 Å². The van der Waals surface area contributed by atoms with Gasteiger partial charge in [0.1, 0.15) is 11.8 Å². The van der Waals surface area contributed by atoms with Crippen LogP contribution in [0.5, 0.6) is 0 Å². The number of anilines is 1. The molecule has 5 heteroatoms. The van der Waals surface area contributed by atoms with E-state index in [-0.39, 0.29) is 5.92 Å². The smallest absolute Gasteiger partial charge is 0.226 e. The third kappa shape index (κ3) is 3.94. The Morgan fingerprint density at radius 3 is 2.54 bits per heavy atom. The highest BCUT2D eigenvalue weighted by atomic mass is 16.5. The van der Waals surface area contributed by atoms with Gasteiger partial charge in [0.15, 0.2) is 0 Å². The quantitative estimate of drug-likeness (QED) is 0.885. The number of oxazole rings is 1. The molecule has 2 fully saturated rings. The summed E-state index contributed by atoms with van der Waals surface area (Å²) < 4.78 is 11.6. The van der Waals surface area contributed by atoms with Crippen LogP contribution < -0.4 is 4.90 Å². The summed E-state index contributed by atoms with van der Waals surface area (Å²) in [6, 6.07) is 10.3. The first kappa shape index (κ1) is 17.6. The Hall–Kier alpha value is -1.85. The molecule has 0 radical (unpaired) electrons. The highest BCUT2D eigenvalue weighted by molar-refractivity contribution is 5.44. The molecule has 4 rings (SSSR count). The molecule has 2 aliphatic rings. The number of morpholine rings is 1. The molecule has 0 spiro atoms. The van der Waals surface area contributed by atoms with E-state index in [9.17, 15) is 5.11 Å². The van der Waals surface area contributed by atoms with Crippen molar-refractivity contribution < 1.29 is 14.3 Å². The number of hydrogen-bond acceptors (Lipinski definition) is 5. The van der Waals surface area contributed by atoms with Crippen LogP contribution in [0.1, 0.15) is 55.4 Å². The van der Waals surface area contributed by atoms with Gasteiger partial charge in [-0.05, 0) is 24.3 Å². The van der Waals surface area contributed by atoms with Crippen LogP contribution in [-0.4, -0.2) is 36.4 Å². The SMILES string of the molecule is OC(c1nc(Cc2ccccc2)c(N2CCOCC2)o1)C1CCCCC1. The summed E-state index contributed by atoms with van der Waals surface area (Å²) in [5.74, 6) is 1.57. The maximum absolute atomic E-state index is 10.8. The summed E-state index contributed by atoms with van der Waals surface area (Å²) in [5.41, 5.74) is 2.12. The summed E-state index contributed by atoms with van der Waals surface area (Å²) >= 11 is 0.